The summed E-state index contributed by atoms with van der Waals surface area (Å²) in [5.74, 6) is -0.407. The minimum Gasteiger partial charge on any atom is -0.545 e. The number of anilines is 1. The zero-order valence-electron chi connectivity index (χ0n) is 14.4. The summed E-state index contributed by atoms with van der Waals surface area (Å²) in [7, 11) is 4.04. The maximum Gasteiger partial charge on any atom is 1.00 e. The molecule has 0 spiro atoms. The molecule has 0 fully saturated rings. The van der Waals surface area contributed by atoms with Crippen molar-refractivity contribution in [3.8, 4) is 0 Å². The number of aryl methyl sites for hydroxylation is 1. The van der Waals surface area contributed by atoms with E-state index in [0.29, 0.717) is 0 Å². The van der Waals surface area contributed by atoms with E-state index >= 15 is 0 Å². The van der Waals surface area contributed by atoms with Gasteiger partial charge in [-0.15, -0.1) is 6.07 Å². The molecule has 5 nitrogen and oxygen atoms in total. The number of carbonyl (C=O) groups is 1. The average Bonchev–Trinajstić information content (AvgIpc) is 2.52. The van der Waals surface area contributed by atoms with Crippen molar-refractivity contribution in [3.63, 3.8) is 0 Å². The summed E-state index contributed by atoms with van der Waals surface area (Å²) >= 11 is 0. The third-order valence-electron chi connectivity index (χ3n) is 1.84. The van der Waals surface area contributed by atoms with Crippen LogP contribution in [-0.4, -0.2) is 33.2 Å². The molecule has 0 bridgehead atoms. The monoisotopic (exact) mass is 315 g/mol. The molecule has 1 aromatic carbocycles. The molecule has 0 aliphatic carbocycles. The Balaban J connectivity index is -0.000000120. The molecular weight excluding hydrogens is 291 g/mol. The van der Waals surface area contributed by atoms with Crippen LogP contribution in [0.3, 0.4) is 0 Å². The van der Waals surface area contributed by atoms with E-state index in [4.69, 9.17) is 4.79 Å². The summed E-state index contributed by atoms with van der Waals surface area (Å²) in [6, 6.07) is 9.24. The second-order valence-corrected chi connectivity index (χ2v) is 3.55. The number of carbonyl (C=O) groups excluding carboxylic acids is 3. The number of hydrogen-bond donors (Lipinski definition) is 1. The Hall–Kier alpha value is -1.17. The first-order valence-corrected chi connectivity index (χ1v) is 6.35. The summed E-state index contributed by atoms with van der Waals surface area (Å²) in [6.45, 7) is 12.5. The molecule has 1 aromatic rings. The number of nitrogens with one attached hydrogen (secondary N) is 1. The summed E-state index contributed by atoms with van der Waals surface area (Å²) in [4.78, 5) is 29.1. The molecule has 0 aliphatic heterocycles. The van der Waals surface area contributed by atoms with Crippen molar-refractivity contribution in [1.82, 2.24) is 5.32 Å². The predicted octanol–water partition coefficient (Wildman–Crippen LogP) is -0.989. The number of hydrogen-bond acceptors (Lipinski definition) is 4. The van der Waals surface area contributed by atoms with Crippen molar-refractivity contribution in [1.29, 1.82) is 0 Å². The predicted molar refractivity (Wildman–Crippen MR) is 86.3 cm³/mol. The molecule has 0 saturated heterocycles. The van der Waals surface area contributed by atoms with Gasteiger partial charge in [0.1, 0.15) is 0 Å². The molecule has 120 valence electrons. The first kappa shape index (κ1) is 28.9. The summed E-state index contributed by atoms with van der Waals surface area (Å²) in [5, 5.41) is 1.79. The molecule has 0 saturated carbocycles. The van der Waals surface area contributed by atoms with Gasteiger partial charge in [0.15, 0.2) is 0 Å². The molecule has 22 heavy (non-hydrogen) atoms. The van der Waals surface area contributed by atoms with Gasteiger partial charge in [0.2, 0.25) is 0 Å². The fourth-order valence-electron chi connectivity index (χ4n) is 0.942. The Labute approximate surface area is 156 Å². The van der Waals surface area contributed by atoms with Gasteiger partial charge in [-0.3, -0.25) is 6.79 Å². The minimum atomic E-state index is -0.407. The maximum atomic E-state index is 9.98. The van der Waals surface area contributed by atoms with Gasteiger partial charge < -0.3 is 31.5 Å². The first-order valence-electron chi connectivity index (χ1n) is 6.35. The van der Waals surface area contributed by atoms with Crippen LogP contribution in [0, 0.1) is 19.9 Å². The molecule has 2 amide bonds. The normalized spacial score (nSPS) is 7.18. The van der Waals surface area contributed by atoms with Crippen LogP contribution in [0.4, 0.5) is 5.69 Å². The zero-order valence-corrected chi connectivity index (χ0v) is 16.4. The zero-order chi connectivity index (χ0) is 17.3. The molecule has 0 atom stereocenters. The number of nitrogens with zero attached hydrogens (tertiary/aromatic N) is 1. The molecule has 0 aliphatic rings. The topological polar surface area (TPSA) is 66.5 Å². The maximum absolute atomic E-state index is 9.98. The van der Waals surface area contributed by atoms with Gasteiger partial charge in [0, 0.05) is 20.0 Å². The molecule has 1 N–H and O–H groups in total. The van der Waals surface area contributed by atoms with Crippen LogP contribution in [0.2, 0.25) is 0 Å². The van der Waals surface area contributed by atoms with E-state index in [0.717, 1.165) is 5.69 Å². The van der Waals surface area contributed by atoms with Gasteiger partial charge in [-0.2, -0.15) is 30.2 Å². The van der Waals surface area contributed by atoms with Crippen LogP contribution in [0.1, 0.15) is 25.8 Å². The largest absolute Gasteiger partial charge is 1.00 e. The fourth-order valence-corrected chi connectivity index (χ4v) is 0.942. The third-order valence-corrected chi connectivity index (χ3v) is 1.84. The number of rotatable bonds is 3. The first-order chi connectivity index (χ1) is 10.0. The van der Waals surface area contributed by atoms with Gasteiger partial charge in [-0.1, -0.05) is 26.5 Å². The average molecular weight is 315 g/mol. The van der Waals surface area contributed by atoms with Crippen molar-refractivity contribution in [2.24, 2.45) is 0 Å². The molecular formula is C16H24N2NaO3-3. The number of benzene rings is 1. The van der Waals surface area contributed by atoms with Crippen molar-refractivity contribution >= 4 is 24.8 Å². The van der Waals surface area contributed by atoms with Gasteiger partial charge in [0.25, 0.3) is 0 Å². The Bertz CT molecular complexity index is 385. The molecule has 6 heteroatoms. The second-order valence-electron chi connectivity index (χ2n) is 3.55. The Morgan fingerprint density at radius 2 is 1.91 bits per heavy atom. The van der Waals surface area contributed by atoms with E-state index in [-0.39, 0.29) is 36.0 Å². The SMILES string of the molecule is CC.Cc1cc[c-]c(N(C)C)c1.[CH-]=O.[CH2-]CC(=O)N[C-]=O.[Na+]. The Morgan fingerprint density at radius 3 is 2.14 bits per heavy atom. The van der Waals surface area contributed by atoms with Crippen LogP contribution < -0.4 is 39.8 Å². The fraction of sp³-hybridized carbons (Fsp3) is 0.375. The van der Waals surface area contributed by atoms with Gasteiger partial charge in [-0.25, -0.2) is 0 Å². The quantitative estimate of drug-likeness (QED) is 0.337. The van der Waals surface area contributed by atoms with Crippen LogP contribution in [0.25, 0.3) is 0 Å². The van der Waals surface area contributed by atoms with Crippen molar-refractivity contribution < 1.29 is 43.9 Å². The summed E-state index contributed by atoms with van der Waals surface area (Å²) < 4.78 is 0. The smallest absolute Gasteiger partial charge is 0.545 e. The van der Waals surface area contributed by atoms with E-state index in [9.17, 15) is 9.59 Å². The third kappa shape index (κ3) is 18.8. The van der Waals surface area contributed by atoms with Crippen LogP contribution >= 0.6 is 0 Å². The van der Waals surface area contributed by atoms with Crippen molar-refractivity contribution in [3.05, 3.63) is 36.8 Å². The molecule has 0 radical (unpaired) electrons. The van der Waals surface area contributed by atoms with E-state index in [1.54, 1.807) is 5.32 Å². The van der Waals surface area contributed by atoms with E-state index in [1.807, 2.05) is 45.0 Å². The van der Waals surface area contributed by atoms with Crippen molar-refractivity contribution in [2.75, 3.05) is 19.0 Å². The van der Waals surface area contributed by atoms with E-state index < -0.39 is 5.91 Å². The van der Waals surface area contributed by atoms with E-state index in [1.165, 1.54) is 12.0 Å². The molecule has 0 unspecified atom stereocenters. The summed E-state index contributed by atoms with van der Waals surface area (Å²) in [5.41, 5.74) is 2.42. The van der Waals surface area contributed by atoms with Gasteiger partial charge in [-0.05, 0) is 0 Å². The Kier molecular flexibility index (Phi) is 29.1. The summed E-state index contributed by atoms with van der Waals surface area (Å²) in [6.07, 6.45) is 1.31. The van der Waals surface area contributed by atoms with Gasteiger partial charge >= 0.3 is 29.6 Å². The number of imide groups is 1. The van der Waals surface area contributed by atoms with E-state index in [2.05, 4.69) is 32.8 Å². The number of amides is 2. The van der Waals surface area contributed by atoms with Gasteiger partial charge in [0.05, 0.1) is 6.41 Å². The minimum absolute atomic E-state index is 0. The standard InChI is InChI=1S/C9H12N.C4H5NO2.C2H6.CHO.Na/c1-8-5-4-6-9(7-8)10(2)3;1-2-4(7)5-3-6;2*1-2;/h4-5,7H,1-3H3;1-2H2,(H,5,6,7);1-2H3;1H;/q-1;-2;;-1;+1. The van der Waals surface area contributed by atoms with Crippen LogP contribution in [0.5, 0.6) is 0 Å². The Morgan fingerprint density at radius 1 is 1.41 bits per heavy atom. The molecule has 0 aromatic heterocycles. The van der Waals surface area contributed by atoms with Crippen molar-refractivity contribution in [2.45, 2.75) is 27.2 Å². The molecule has 1 rings (SSSR count). The van der Waals surface area contributed by atoms with Crippen LogP contribution in [0.15, 0.2) is 18.2 Å². The molecule has 0 heterocycles. The second kappa shape index (κ2) is 22.1. The van der Waals surface area contributed by atoms with Crippen LogP contribution in [-0.2, 0) is 14.4 Å².